The number of rotatable bonds is 15. The van der Waals surface area contributed by atoms with Gasteiger partial charge in [0.2, 0.25) is 0 Å². The van der Waals surface area contributed by atoms with Crippen LogP contribution in [0.4, 0.5) is 4.79 Å². The standard InChI is InChI=1S/C32H42N6O3S/c1-6-19-36(32(39)38(24(2)3)37-21-18-33-23-37)20-8-7-9-22-42-31-34-29(25-10-14-27(40-4)15-11-25)30(35-31)26-12-16-28(41-5)17-13-26/h10-18,21,23-24H,6-9,19-20,22H2,1-5H3,(H,34,35). The van der Waals surface area contributed by atoms with Gasteiger partial charge in [-0.1, -0.05) is 25.1 Å². The van der Waals surface area contributed by atoms with Gasteiger partial charge in [0.05, 0.1) is 31.6 Å². The zero-order chi connectivity index (χ0) is 29.9. The smallest absolute Gasteiger partial charge is 0.339 e. The number of nitrogens with one attached hydrogen (secondary N) is 1. The van der Waals surface area contributed by atoms with Crippen LogP contribution in [0.25, 0.3) is 22.5 Å². The summed E-state index contributed by atoms with van der Waals surface area (Å²) in [5, 5.41) is 2.65. The topological polar surface area (TPSA) is 88.5 Å². The lowest BCUT2D eigenvalue weighted by Crippen LogP contribution is -2.52. The van der Waals surface area contributed by atoms with Crippen LogP contribution in [0.3, 0.4) is 0 Å². The number of nitrogens with zero attached hydrogens (tertiary/aromatic N) is 5. The molecule has 4 aromatic rings. The Bertz CT molecular complexity index is 1310. The van der Waals surface area contributed by atoms with Gasteiger partial charge in [-0.05, 0) is 81.6 Å². The Labute approximate surface area is 253 Å². The van der Waals surface area contributed by atoms with Gasteiger partial charge in [0, 0.05) is 42.4 Å². The highest BCUT2D eigenvalue weighted by atomic mass is 32.2. The molecule has 2 heterocycles. The molecule has 9 nitrogen and oxygen atoms in total. The number of H-pyrrole nitrogens is 1. The summed E-state index contributed by atoms with van der Waals surface area (Å²) >= 11 is 1.73. The van der Waals surface area contributed by atoms with Crippen molar-refractivity contribution in [2.24, 2.45) is 0 Å². The minimum absolute atomic E-state index is 0.0203. The van der Waals surface area contributed by atoms with Crippen LogP contribution in [0.2, 0.25) is 0 Å². The van der Waals surface area contributed by atoms with Crippen molar-refractivity contribution < 1.29 is 14.3 Å². The third kappa shape index (κ3) is 7.88. The largest absolute Gasteiger partial charge is 0.497 e. The van der Waals surface area contributed by atoms with Crippen LogP contribution in [-0.2, 0) is 0 Å². The molecule has 0 saturated carbocycles. The molecule has 4 rings (SSSR count). The molecule has 0 unspecified atom stereocenters. The molecule has 0 bridgehead atoms. The van der Waals surface area contributed by atoms with E-state index in [-0.39, 0.29) is 12.1 Å². The van der Waals surface area contributed by atoms with E-state index in [0.29, 0.717) is 0 Å². The van der Waals surface area contributed by atoms with Gasteiger partial charge in [-0.15, -0.1) is 0 Å². The number of hydrogen-bond donors (Lipinski definition) is 1. The van der Waals surface area contributed by atoms with Crippen LogP contribution in [-0.4, -0.2) is 69.7 Å². The first-order valence-corrected chi connectivity index (χ1v) is 15.5. The molecule has 2 amide bonds. The second-order valence-corrected chi connectivity index (χ2v) is 11.4. The highest BCUT2D eigenvalue weighted by Crippen LogP contribution is 2.34. The van der Waals surface area contributed by atoms with Crippen molar-refractivity contribution in [1.29, 1.82) is 0 Å². The fourth-order valence-corrected chi connectivity index (χ4v) is 5.65. The predicted octanol–water partition coefficient (Wildman–Crippen LogP) is 7.10. The van der Waals surface area contributed by atoms with Gasteiger partial charge < -0.3 is 19.4 Å². The number of carbonyl (C=O) groups excluding carboxylic acids is 1. The zero-order valence-electron chi connectivity index (χ0n) is 25.2. The van der Waals surface area contributed by atoms with Crippen LogP contribution >= 0.6 is 11.8 Å². The predicted molar refractivity (Wildman–Crippen MR) is 170 cm³/mol. The van der Waals surface area contributed by atoms with Crippen LogP contribution in [0.5, 0.6) is 11.5 Å². The number of carbonyl (C=O) groups is 1. The van der Waals surface area contributed by atoms with E-state index in [0.717, 1.165) is 83.7 Å². The average Bonchev–Trinajstić information content (AvgIpc) is 3.69. The molecule has 1 N–H and O–H groups in total. The highest BCUT2D eigenvalue weighted by molar-refractivity contribution is 7.99. The summed E-state index contributed by atoms with van der Waals surface area (Å²) in [6.07, 6.45) is 9.12. The Hall–Kier alpha value is -3.92. The van der Waals surface area contributed by atoms with Crippen molar-refractivity contribution >= 4 is 17.8 Å². The first kappa shape index (κ1) is 31.0. The van der Waals surface area contributed by atoms with E-state index in [1.54, 1.807) is 48.2 Å². The summed E-state index contributed by atoms with van der Waals surface area (Å²) in [5.41, 5.74) is 3.96. The molecule has 0 aliphatic carbocycles. The lowest BCUT2D eigenvalue weighted by Gasteiger charge is -2.33. The average molecular weight is 591 g/mol. The normalized spacial score (nSPS) is 11.1. The fraction of sp³-hybridized carbons (Fsp3) is 0.406. The van der Waals surface area contributed by atoms with Crippen molar-refractivity contribution in [3.8, 4) is 34.0 Å². The Kier molecular flexibility index (Phi) is 11.3. The minimum atomic E-state index is 0.0203. The van der Waals surface area contributed by atoms with Crippen molar-refractivity contribution in [3.05, 3.63) is 67.3 Å². The molecule has 0 radical (unpaired) electrons. The van der Waals surface area contributed by atoms with Gasteiger partial charge in [-0.3, -0.25) is 0 Å². The molecule has 0 aliphatic rings. The quantitative estimate of drug-likeness (QED) is 0.117. The molecular formula is C32H42N6O3S. The van der Waals surface area contributed by atoms with E-state index < -0.39 is 0 Å². The summed E-state index contributed by atoms with van der Waals surface area (Å²) < 4.78 is 12.5. The molecule has 10 heteroatoms. The minimum Gasteiger partial charge on any atom is -0.497 e. The van der Waals surface area contributed by atoms with Crippen molar-refractivity contribution in [1.82, 2.24) is 24.5 Å². The van der Waals surface area contributed by atoms with E-state index >= 15 is 0 Å². The third-order valence-corrected chi connectivity index (χ3v) is 7.88. The molecule has 42 heavy (non-hydrogen) atoms. The molecular weight excluding hydrogens is 548 g/mol. The number of benzene rings is 2. The number of aromatic amines is 1. The van der Waals surface area contributed by atoms with Gasteiger partial charge in [-0.2, -0.15) is 0 Å². The van der Waals surface area contributed by atoms with Crippen molar-refractivity contribution in [2.45, 2.75) is 57.7 Å². The van der Waals surface area contributed by atoms with E-state index in [1.165, 1.54) is 0 Å². The van der Waals surface area contributed by atoms with E-state index in [9.17, 15) is 4.79 Å². The Balaban J connectivity index is 1.36. The number of hydrogen-bond acceptors (Lipinski definition) is 6. The number of aromatic nitrogens is 4. The van der Waals surface area contributed by atoms with Crippen molar-refractivity contribution in [3.63, 3.8) is 0 Å². The van der Waals surface area contributed by atoms with E-state index in [2.05, 4.69) is 16.9 Å². The van der Waals surface area contributed by atoms with E-state index in [4.69, 9.17) is 14.5 Å². The molecule has 0 spiro atoms. The molecule has 2 aromatic heterocycles. The van der Waals surface area contributed by atoms with Crippen LogP contribution < -0.4 is 14.5 Å². The summed E-state index contributed by atoms with van der Waals surface area (Å²) in [5.74, 6) is 2.57. The molecule has 0 saturated heterocycles. The van der Waals surface area contributed by atoms with Gasteiger partial charge >= 0.3 is 6.03 Å². The summed E-state index contributed by atoms with van der Waals surface area (Å²) in [6, 6.07) is 16.0. The summed E-state index contributed by atoms with van der Waals surface area (Å²) in [6.45, 7) is 7.62. The molecule has 0 fully saturated rings. The Morgan fingerprint density at radius 2 is 1.62 bits per heavy atom. The number of urea groups is 1. The Morgan fingerprint density at radius 3 is 2.19 bits per heavy atom. The van der Waals surface area contributed by atoms with Gasteiger partial charge in [0.15, 0.2) is 5.16 Å². The second kappa shape index (κ2) is 15.3. The molecule has 224 valence electrons. The maximum Gasteiger partial charge on any atom is 0.339 e. The SMILES string of the molecule is CCCN(CCCCCSc1nc(-c2ccc(OC)cc2)c(-c2ccc(OC)cc2)[nH]1)C(=O)N(C(C)C)n1ccnc1. The zero-order valence-corrected chi connectivity index (χ0v) is 26.1. The molecule has 2 aromatic carbocycles. The lowest BCUT2D eigenvalue weighted by molar-refractivity contribution is 0.194. The molecule has 0 aliphatic heterocycles. The van der Waals surface area contributed by atoms with Crippen LogP contribution in [0.15, 0.2) is 72.4 Å². The monoisotopic (exact) mass is 590 g/mol. The van der Waals surface area contributed by atoms with Crippen LogP contribution in [0, 0.1) is 0 Å². The maximum absolute atomic E-state index is 13.4. The number of ether oxygens (including phenoxy) is 2. The number of methoxy groups -OCH3 is 2. The van der Waals surface area contributed by atoms with Crippen molar-refractivity contribution in [2.75, 3.05) is 38.1 Å². The molecule has 0 atom stereocenters. The van der Waals surface area contributed by atoms with Gasteiger partial charge in [0.25, 0.3) is 0 Å². The van der Waals surface area contributed by atoms with Crippen LogP contribution in [0.1, 0.15) is 46.5 Å². The number of thioether (sulfide) groups is 1. The summed E-state index contributed by atoms with van der Waals surface area (Å²) in [7, 11) is 3.34. The van der Waals surface area contributed by atoms with Gasteiger partial charge in [0.1, 0.15) is 17.8 Å². The fourth-order valence-electron chi connectivity index (χ4n) is 4.78. The maximum atomic E-state index is 13.4. The first-order chi connectivity index (χ1) is 20.4. The summed E-state index contributed by atoms with van der Waals surface area (Å²) in [4.78, 5) is 28.0. The number of imidazole rings is 2. The van der Waals surface area contributed by atoms with Gasteiger partial charge in [-0.25, -0.2) is 24.4 Å². The lowest BCUT2D eigenvalue weighted by atomic mass is 10.0. The highest BCUT2D eigenvalue weighted by Gasteiger charge is 2.24. The Morgan fingerprint density at radius 1 is 0.952 bits per heavy atom. The van der Waals surface area contributed by atoms with E-state index in [1.807, 2.05) is 73.5 Å². The number of amides is 2. The first-order valence-electron chi connectivity index (χ1n) is 14.5. The second-order valence-electron chi connectivity index (χ2n) is 10.3. The number of unbranched alkanes of at least 4 members (excludes halogenated alkanes) is 2. The third-order valence-electron chi connectivity index (χ3n) is 6.92.